The first-order chi connectivity index (χ1) is 11.4. The number of carbonyl (C=O) groups is 2. The highest BCUT2D eigenvalue weighted by atomic mass is 35.5. The molecule has 1 aromatic rings. The smallest absolute Gasteiger partial charge is 0.190 e. The molecule has 2 unspecified atom stereocenters. The fourth-order valence-corrected chi connectivity index (χ4v) is 4.09. The van der Waals surface area contributed by atoms with E-state index in [2.05, 4.69) is 39.2 Å². The Hall–Kier alpha value is -1.01. The van der Waals surface area contributed by atoms with Gasteiger partial charge in [-0.2, -0.15) is 0 Å². The van der Waals surface area contributed by atoms with E-state index in [1.165, 1.54) is 9.80 Å². The summed E-state index contributed by atoms with van der Waals surface area (Å²) in [7, 11) is 8.28. The summed E-state index contributed by atoms with van der Waals surface area (Å²) in [5.41, 5.74) is 3.23. The first-order valence-corrected chi connectivity index (χ1v) is 9.06. The molecule has 0 saturated carbocycles. The molecule has 2 N–H and O–H groups in total. The SMILES string of the molecule is C[NH+](C)CC1CCc2cc3c(nc2C1=O)C(=O)C(C[NH+](C)C)CC3.[Cl-].[Cl-]. The lowest BCUT2D eigenvalue weighted by Gasteiger charge is -2.28. The van der Waals surface area contributed by atoms with E-state index in [-0.39, 0.29) is 48.2 Å². The third kappa shape index (κ3) is 4.63. The maximum absolute atomic E-state index is 12.8. The number of ketones is 2. The molecule has 0 spiro atoms. The molecule has 1 aromatic heterocycles. The summed E-state index contributed by atoms with van der Waals surface area (Å²) in [6.45, 7) is 1.66. The predicted octanol–water partition coefficient (Wildman–Crippen LogP) is -7.13. The van der Waals surface area contributed by atoms with Crippen LogP contribution >= 0.6 is 0 Å². The predicted molar refractivity (Wildman–Crippen MR) is 91.9 cm³/mol. The van der Waals surface area contributed by atoms with Crippen LogP contribution in [0.3, 0.4) is 0 Å². The molecule has 0 amide bonds. The highest BCUT2D eigenvalue weighted by Crippen LogP contribution is 2.30. The maximum atomic E-state index is 12.8. The Morgan fingerprint density at radius 3 is 1.58 bits per heavy atom. The molecule has 0 aliphatic heterocycles. The first kappa shape index (κ1) is 23.0. The minimum atomic E-state index is 0. The second kappa shape index (κ2) is 9.27. The Bertz CT molecular complexity index is 624. The average molecular weight is 402 g/mol. The number of fused-ring (bicyclic) bond motifs is 2. The number of aryl methyl sites for hydroxylation is 2. The summed E-state index contributed by atoms with van der Waals surface area (Å²) in [6.07, 6.45) is 3.60. The van der Waals surface area contributed by atoms with E-state index in [1.807, 2.05) is 0 Å². The fraction of sp³-hybridized carbons (Fsp3) is 0.632. The van der Waals surface area contributed by atoms with Gasteiger partial charge in [0.15, 0.2) is 11.6 Å². The molecule has 7 heteroatoms. The van der Waals surface area contributed by atoms with Crippen LogP contribution in [0, 0.1) is 11.8 Å². The number of hydrogen-bond acceptors (Lipinski definition) is 3. The number of hydrogen-bond donors (Lipinski definition) is 2. The summed E-state index contributed by atoms with van der Waals surface area (Å²) in [5.74, 6) is 0.337. The molecule has 2 aliphatic rings. The Kier molecular flexibility index (Phi) is 8.21. The van der Waals surface area contributed by atoms with Crippen molar-refractivity contribution < 1.29 is 44.2 Å². The lowest BCUT2D eigenvalue weighted by atomic mass is 9.80. The zero-order chi connectivity index (χ0) is 17.4. The quantitative estimate of drug-likeness (QED) is 0.527. The molecule has 26 heavy (non-hydrogen) atoms. The molecule has 1 heterocycles. The minimum absolute atomic E-state index is 0. The van der Waals surface area contributed by atoms with Crippen molar-refractivity contribution in [3.8, 4) is 0 Å². The summed E-state index contributed by atoms with van der Waals surface area (Å²) < 4.78 is 0. The zero-order valence-corrected chi connectivity index (χ0v) is 17.5. The highest BCUT2D eigenvalue weighted by molar-refractivity contribution is 6.02. The van der Waals surface area contributed by atoms with Crippen LogP contribution in [0.4, 0.5) is 0 Å². The fourth-order valence-electron chi connectivity index (χ4n) is 4.09. The van der Waals surface area contributed by atoms with Gasteiger partial charge in [-0.3, -0.25) is 9.59 Å². The van der Waals surface area contributed by atoms with Gasteiger partial charge in [0, 0.05) is 0 Å². The molecule has 0 radical (unpaired) electrons. The van der Waals surface area contributed by atoms with Gasteiger partial charge in [0.25, 0.3) is 0 Å². The first-order valence-electron chi connectivity index (χ1n) is 9.06. The summed E-state index contributed by atoms with van der Waals surface area (Å²) >= 11 is 0. The van der Waals surface area contributed by atoms with Crippen molar-refractivity contribution in [3.05, 3.63) is 28.6 Å². The molecule has 0 bridgehead atoms. The van der Waals surface area contributed by atoms with E-state index in [9.17, 15) is 9.59 Å². The number of nitrogens with zero attached hydrogens (tertiary/aromatic N) is 1. The maximum Gasteiger partial charge on any atom is 0.190 e. The molecule has 5 nitrogen and oxygen atoms in total. The van der Waals surface area contributed by atoms with Crippen LogP contribution < -0.4 is 34.6 Å². The van der Waals surface area contributed by atoms with E-state index < -0.39 is 0 Å². The molecular formula is C19H29Cl2N3O2. The normalized spacial score (nSPS) is 21.8. The number of rotatable bonds is 4. The van der Waals surface area contributed by atoms with Crippen LogP contribution in [-0.4, -0.2) is 57.8 Å². The molecular weight excluding hydrogens is 373 g/mol. The van der Waals surface area contributed by atoms with Crippen LogP contribution in [0.2, 0.25) is 0 Å². The van der Waals surface area contributed by atoms with Crippen molar-refractivity contribution >= 4 is 11.6 Å². The summed E-state index contributed by atoms with van der Waals surface area (Å²) in [6, 6.07) is 2.09. The minimum Gasteiger partial charge on any atom is -1.00 e. The number of Topliss-reactive ketones (excluding diaryl/α,β-unsaturated/α-hetero) is 2. The van der Waals surface area contributed by atoms with Crippen molar-refractivity contribution in [2.24, 2.45) is 11.8 Å². The van der Waals surface area contributed by atoms with Gasteiger partial charge in [0.2, 0.25) is 0 Å². The number of halogens is 2. The number of quaternary nitrogens is 2. The van der Waals surface area contributed by atoms with Gasteiger partial charge < -0.3 is 34.6 Å². The van der Waals surface area contributed by atoms with Crippen LogP contribution in [0.15, 0.2) is 6.07 Å². The largest absolute Gasteiger partial charge is 1.00 e. The highest BCUT2D eigenvalue weighted by Gasteiger charge is 2.35. The number of nitrogens with one attached hydrogen (secondary N) is 2. The lowest BCUT2D eigenvalue weighted by Crippen LogP contribution is -3.06. The van der Waals surface area contributed by atoms with E-state index in [4.69, 9.17) is 0 Å². The van der Waals surface area contributed by atoms with Crippen molar-refractivity contribution in [1.82, 2.24) is 4.98 Å². The third-order valence-corrected chi connectivity index (χ3v) is 5.22. The van der Waals surface area contributed by atoms with Gasteiger partial charge in [-0.25, -0.2) is 4.98 Å². The van der Waals surface area contributed by atoms with Gasteiger partial charge in [0.05, 0.1) is 53.1 Å². The van der Waals surface area contributed by atoms with Crippen LogP contribution in [0.1, 0.15) is 44.9 Å². The van der Waals surface area contributed by atoms with Crippen LogP contribution in [0.5, 0.6) is 0 Å². The van der Waals surface area contributed by atoms with Crippen LogP contribution in [0.25, 0.3) is 0 Å². The monoisotopic (exact) mass is 401 g/mol. The Labute approximate surface area is 168 Å². The van der Waals surface area contributed by atoms with E-state index in [1.54, 1.807) is 0 Å². The zero-order valence-electron chi connectivity index (χ0n) is 16.0. The third-order valence-electron chi connectivity index (χ3n) is 5.22. The molecule has 0 fully saturated rings. The van der Waals surface area contributed by atoms with Crippen LogP contribution in [-0.2, 0) is 12.8 Å². The number of carbonyl (C=O) groups excluding carboxylic acids is 2. The lowest BCUT2D eigenvalue weighted by molar-refractivity contribution is -0.860. The second-order valence-corrected chi connectivity index (χ2v) is 8.03. The Morgan fingerprint density at radius 1 is 0.846 bits per heavy atom. The summed E-state index contributed by atoms with van der Waals surface area (Å²) in [5, 5.41) is 0. The van der Waals surface area contributed by atoms with Crippen molar-refractivity contribution in [2.75, 3.05) is 41.3 Å². The Balaban J connectivity index is 0.00000169. The van der Waals surface area contributed by atoms with Gasteiger partial charge in [-0.15, -0.1) is 0 Å². The van der Waals surface area contributed by atoms with Gasteiger partial charge in [-0.1, -0.05) is 6.07 Å². The average Bonchev–Trinajstić information content (AvgIpc) is 2.51. The molecule has 3 rings (SSSR count). The topological polar surface area (TPSA) is 55.9 Å². The molecule has 0 aromatic carbocycles. The second-order valence-electron chi connectivity index (χ2n) is 8.03. The molecule has 2 aliphatic carbocycles. The molecule has 0 saturated heterocycles. The molecule has 146 valence electrons. The van der Waals surface area contributed by atoms with Gasteiger partial charge in [0.1, 0.15) is 11.4 Å². The molecule has 2 atom stereocenters. The number of aromatic nitrogens is 1. The summed E-state index contributed by atoms with van der Waals surface area (Å²) in [4.78, 5) is 32.8. The van der Waals surface area contributed by atoms with E-state index in [0.29, 0.717) is 11.4 Å². The van der Waals surface area contributed by atoms with Gasteiger partial charge in [-0.05, 0) is 36.8 Å². The standard InChI is InChI=1S/C19H27N3O2.2ClH/c1-21(2)10-14-7-5-12-9-13-6-8-15(11-22(3)4)19(24)17(13)20-16(12)18(14)23;;/h9,14-15H,5-8,10-11H2,1-4H3;2*1H. The van der Waals surface area contributed by atoms with E-state index >= 15 is 0 Å². The number of pyridine rings is 1. The van der Waals surface area contributed by atoms with Gasteiger partial charge >= 0.3 is 0 Å². The van der Waals surface area contributed by atoms with Crippen molar-refractivity contribution in [2.45, 2.75) is 25.7 Å². The van der Waals surface area contributed by atoms with Crippen molar-refractivity contribution in [3.63, 3.8) is 0 Å². The van der Waals surface area contributed by atoms with Crippen molar-refractivity contribution in [1.29, 1.82) is 0 Å². The van der Waals surface area contributed by atoms with E-state index in [0.717, 1.165) is 49.9 Å². The Morgan fingerprint density at radius 2 is 1.23 bits per heavy atom.